The molecule has 29 heteroatoms. The van der Waals surface area contributed by atoms with Gasteiger partial charge in [-0.3, -0.25) is 14.4 Å². The van der Waals surface area contributed by atoms with Crippen LogP contribution in [0.4, 0.5) is 0 Å². The van der Waals surface area contributed by atoms with Crippen molar-refractivity contribution in [1.82, 2.24) is 16.0 Å². The normalized spacial score (nSPS) is 32.8. The van der Waals surface area contributed by atoms with Crippen LogP contribution in [0.15, 0.2) is 12.2 Å². The van der Waals surface area contributed by atoms with Crippen molar-refractivity contribution in [3.05, 3.63) is 12.2 Å². The molecule has 4 saturated heterocycles. The Morgan fingerprint density at radius 1 is 0.553 bits per heavy atom. The van der Waals surface area contributed by atoms with Crippen molar-refractivity contribution in [3.63, 3.8) is 0 Å². The van der Waals surface area contributed by atoms with Gasteiger partial charge in [0.25, 0.3) is 5.79 Å². The molecule has 4 heterocycles. The summed E-state index contributed by atoms with van der Waals surface area (Å²) in [5.41, 5.74) is 0. The summed E-state index contributed by atoms with van der Waals surface area (Å²) in [6.07, 6.45) is -7.38. The number of aliphatic carboxylic acids is 1. The minimum atomic E-state index is -3.28. The van der Waals surface area contributed by atoms with E-state index in [-0.39, 0.29) is 12.3 Å². The minimum absolute atomic E-state index is 0.161. The number of amides is 3. The number of carboxylic acid groups (broad SMARTS) is 1. The summed E-state index contributed by atoms with van der Waals surface area (Å²) in [6, 6.07) is -4.52. The first-order valence-electron chi connectivity index (χ1n) is 34.6. The maximum atomic E-state index is 13.6. The second kappa shape index (κ2) is 44.7. The summed E-state index contributed by atoms with van der Waals surface area (Å²) >= 11 is 0. The number of nitrogens with one attached hydrogen (secondary N) is 3. The van der Waals surface area contributed by atoms with Crippen LogP contribution < -0.4 is 16.0 Å². The zero-order valence-corrected chi connectivity index (χ0v) is 55.6. The lowest BCUT2D eigenvalue weighted by atomic mass is 9.88. The van der Waals surface area contributed by atoms with Gasteiger partial charge < -0.3 is 125 Å². The van der Waals surface area contributed by atoms with E-state index in [0.29, 0.717) is 12.8 Å². The van der Waals surface area contributed by atoms with Gasteiger partial charge in [-0.1, -0.05) is 167 Å². The highest BCUT2D eigenvalue weighted by atomic mass is 16.8. The van der Waals surface area contributed by atoms with Crippen molar-refractivity contribution in [1.29, 1.82) is 0 Å². The third-order valence-corrected chi connectivity index (χ3v) is 18.0. The van der Waals surface area contributed by atoms with Crippen molar-refractivity contribution in [2.75, 3.05) is 33.0 Å². The van der Waals surface area contributed by atoms with Crippen LogP contribution >= 0.6 is 0 Å². The number of carboxylic acids is 1. The number of ether oxygens (including phenoxy) is 8. The van der Waals surface area contributed by atoms with E-state index in [0.717, 1.165) is 65.2 Å². The molecule has 0 spiro atoms. The molecule has 0 bridgehead atoms. The maximum absolute atomic E-state index is 13.6. The fourth-order valence-electron chi connectivity index (χ4n) is 12.5. The van der Waals surface area contributed by atoms with E-state index >= 15 is 0 Å². The standard InChI is InChI=1S/C65H117N3O26/c1-5-7-9-11-13-15-17-19-21-23-25-27-29-31-42(75)41(68-48(78)32-30-28-26-24-22-20-18-16-14-12-10-8-6-2)38-87-62-55(83)54(82)57(46(36-71)89-62)91-63-56(84)60(58(47(37-72)90-63)92-61-50(67-40(4)74)53(81)52(80)45(35-70)88-61)94-65(64(85)86)33-43(76)49(66-39(3)73)59(93-65)51(79)44(77)34-69/h29,31,41-47,49-63,69-72,75-77,79-84H,5-28,30,32-38H2,1-4H3,(H,66,73)(H,67,74)(H,68,78)(H,85,86). The van der Waals surface area contributed by atoms with Crippen LogP contribution in [0.2, 0.25) is 0 Å². The zero-order chi connectivity index (χ0) is 69.3. The lowest BCUT2D eigenvalue weighted by molar-refractivity contribution is -0.401. The molecule has 17 N–H and O–H groups in total. The predicted octanol–water partition coefficient (Wildman–Crippen LogP) is 0.353. The third kappa shape index (κ3) is 26.5. The van der Waals surface area contributed by atoms with E-state index in [4.69, 9.17) is 37.9 Å². The van der Waals surface area contributed by atoms with Crippen LogP contribution in [0.5, 0.6) is 0 Å². The highest BCUT2D eigenvalue weighted by Crippen LogP contribution is 2.40. The highest BCUT2D eigenvalue weighted by Gasteiger charge is 2.61. The summed E-state index contributed by atoms with van der Waals surface area (Å²) in [6.45, 7) is 1.71. The Labute approximate surface area is 553 Å². The van der Waals surface area contributed by atoms with Crippen LogP contribution in [0.3, 0.4) is 0 Å². The quantitative estimate of drug-likeness (QED) is 0.0289. The molecule has 0 radical (unpaired) electrons. The molecular formula is C65H117N3O26. The van der Waals surface area contributed by atoms with Gasteiger partial charge in [-0.2, -0.15) is 0 Å². The second-order valence-corrected chi connectivity index (χ2v) is 25.8. The molecule has 4 rings (SSSR count). The van der Waals surface area contributed by atoms with Crippen LogP contribution in [-0.4, -0.2) is 269 Å². The largest absolute Gasteiger partial charge is 0.477 e. The number of allylic oxidation sites excluding steroid dienone is 1. The number of hydrogen-bond acceptors (Lipinski definition) is 25. The monoisotopic (exact) mass is 1360 g/mol. The van der Waals surface area contributed by atoms with Gasteiger partial charge in [-0.25, -0.2) is 4.79 Å². The molecule has 4 aliphatic heterocycles. The van der Waals surface area contributed by atoms with E-state index in [2.05, 4.69) is 29.8 Å². The third-order valence-electron chi connectivity index (χ3n) is 18.0. The molecule has 3 amide bonds. The number of aliphatic hydroxyl groups is 13. The first kappa shape index (κ1) is 83.2. The topological polar surface area (TPSA) is 461 Å². The molecule has 4 fully saturated rings. The average molecular weight is 1360 g/mol. The van der Waals surface area contributed by atoms with Crippen LogP contribution in [0.1, 0.15) is 201 Å². The Bertz CT molecular complexity index is 2140. The molecule has 0 aromatic rings. The minimum Gasteiger partial charge on any atom is -0.477 e. The number of carbonyl (C=O) groups excluding carboxylic acids is 3. The number of carbonyl (C=O) groups is 4. The van der Waals surface area contributed by atoms with Crippen molar-refractivity contribution >= 4 is 23.7 Å². The Balaban J connectivity index is 1.56. The number of aliphatic hydroxyl groups excluding tert-OH is 13. The molecule has 0 aromatic carbocycles. The lowest BCUT2D eigenvalue weighted by Gasteiger charge is -2.52. The molecule has 29 nitrogen and oxygen atoms in total. The Kier molecular flexibility index (Phi) is 39.6. The zero-order valence-electron chi connectivity index (χ0n) is 55.6. The van der Waals surface area contributed by atoms with Gasteiger partial charge in [0.15, 0.2) is 18.9 Å². The van der Waals surface area contributed by atoms with Gasteiger partial charge in [0.05, 0.1) is 57.3 Å². The highest BCUT2D eigenvalue weighted by molar-refractivity contribution is 5.77. The molecule has 23 unspecified atom stereocenters. The van der Waals surface area contributed by atoms with E-state index in [9.17, 15) is 90.7 Å². The number of unbranched alkanes of at least 4 members (excludes halogenated alkanes) is 23. The van der Waals surface area contributed by atoms with Gasteiger partial charge in [0, 0.05) is 26.7 Å². The summed E-state index contributed by atoms with van der Waals surface area (Å²) in [5, 5.41) is 163. The Morgan fingerprint density at radius 3 is 1.54 bits per heavy atom. The van der Waals surface area contributed by atoms with Crippen LogP contribution in [-0.2, 0) is 57.1 Å². The van der Waals surface area contributed by atoms with Gasteiger partial charge in [0.1, 0.15) is 91.5 Å². The molecule has 548 valence electrons. The SMILES string of the molecule is CCCCCCCCCCCCCC=CC(O)C(COC1OC(CO)C(OC2OC(CO)C(OC3OC(CO)C(O)C(O)C3NC(C)=O)C(OC3(C(=O)O)CC(O)C(NC(C)=O)C(C(O)C(O)CO)O3)C2O)C(O)C1O)NC(=O)CCCCCCCCCCCCCCC. The smallest absolute Gasteiger partial charge is 0.364 e. The summed E-state index contributed by atoms with van der Waals surface area (Å²) in [5.74, 6) is -7.37. The maximum Gasteiger partial charge on any atom is 0.364 e. The average Bonchev–Trinajstić information content (AvgIpc) is 0.755. The molecule has 94 heavy (non-hydrogen) atoms. The van der Waals surface area contributed by atoms with E-state index < -0.39 is 198 Å². The molecule has 0 saturated carbocycles. The summed E-state index contributed by atoms with van der Waals surface area (Å²) < 4.78 is 47.8. The van der Waals surface area contributed by atoms with Crippen molar-refractivity contribution in [2.45, 2.75) is 342 Å². The van der Waals surface area contributed by atoms with E-state index in [1.54, 1.807) is 6.08 Å². The molecule has 0 aromatic heterocycles. The first-order valence-corrected chi connectivity index (χ1v) is 34.6. The van der Waals surface area contributed by atoms with Crippen LogP contribution in [0.25, 0.3) is 0 Å². The molecular weight excluding hydrogens is 1240 g/mol. The lowest BCUT2D eigenvalue weighted by Crippen LogP contribution is -2.72. The predicted molar refractivity (Wildman–Crippen MR) is 336 cm³/mol. The Hall–Kier alpha value is -3.22. The summed E-state index contributed by atoms with van der Waals surface area (Å²) in [7, 11) is 0. The van der Waals surface area contributed by atoms with Gasteiger partial charge in [-0.05, 0) is 19.3 Å². The van der Waals surface area contributed by atoms with E-state index in [1.807, 2.05) is 6.08 Å². The number of rotatable bonds is 47. The fraction of sp³-hybridized carbons (Fsp3) is 0.908. The van der Waals surface area contributed by atoms with Crippen molar-refractivity contribution in [2.24, 2.45) is 0 Å². The van der Waals surface area contributed by atoms with Crippen LogP contribution in [0, 0.1) is 0 Å². The second-order valence-electron chi connectivity index (χ2n) is 25.8. The summed E-state index contributed by atoms with van der Waals surface area (Å²) in [4.78, 5) is 51.8. The van der Waals surface area contributed by atoms with Gasteiger partial charge in [-0.15, -0.1) is 0 Å². The van der Waals surface area contributed by atoms with Gasteiger partial charge in [0.2, 0.25) is 17.7 Å². The molecule has 0 aliphatic carbocycles. The van der Waals surface area contributed by atoms with Gasteiger partial charge >= 0.3 is 5.97 Å². The first-order chi connectivity index (χ1) is 45.0. The van der Waals surface area contributed by atoms with Crippen molar-refractivity contribution in [3.8, 4) is 0 Å². The van der Waals surface area contributed by atoms with Crippen molar-refractivity contribution < 1.29 is 129 Å². The Morgan fingerprint density at radius 2 is 1.03 bits per heavy atom. The fourth-order valence-corrected chi connectivity index (χ4v) is 12.5. The molecule has 4 aliphatic rings. The van der Waals surface area contributed by atoms with E-state index in [1.165, 1.54) is 96.3 Å². The molecule has 23 atom stereocenters. The number of hydrogen-bond donors (Lipinski definition) is 17.